The Kier molecular flexibility index (Phi) is 4.16. The lowest BCUT2D eigenvalue weighted by Crippen LogP contribution is -2.37. The minimum atomic E-state index is -0.313. The molecule has 0 spiro atoms. The van der Waals surface area contributed by atoms with Gasteiger partial charge in [-0.15, -0.1) is 0 Å². The summed E-state index contributed by atoms with van der Waals surface area (Å²) in [5, 5.41) is 8.88. The molecule has 2 amide bonds. The molecule has 26 heavy (non-hydrogen) atoms. The Morgan fingerprint density at radius 1 is 1.27 bits per heavy atom. The van der Waals surface area contributed by atoms with Gasteiger partial charge in [-0.25, -0.2) is 0 Å². The second-order valence-electron chi connectivity index (χ2n) is 6.61. The van der Waals surface area contributed by atoms with Crippen LogP contribution in [-0.2, 0) is 11.3 Å². The third-order valence-corrected chi connectivity index (χ3v) is 4.65. The van der Waals surface area contributed by atoms with Gasteiger partial charge < -0.3 is 14.7 Å². The average Bonchev–Trinajstić information content (AvgIpc) is 3.21. The van der Waals surface area contributed by atoms with E-state index in [1.165, 1.54) is 0 Å². The molecule has 3 aromatic rings. The SMILES string of the molecule is Cc1cc(C(=O)N[C@@H]2CC(=O)N(Cc3cccc4ccccc34)C2)no1. The molecule has 0 radical (unpaired) electrons. The van der Waals surface area contributed by atoms with E-state index in [0.717, 1.165) is 16.3 Å². The molecule has 1 aliphatic heterocycles. The van der Waals surface area contributed by atoms with Crippen molar-refractivity contribution in [2.75, 3.05) is 6.54 Å². The van der Waals surface area contributed by atoms with Crippen molar-refractivity contribution in [1.82, 2.24) is 15.4 Å². The van der Waals surface area contributed by atoms with Crippen molar-refractivity contribution in [3.05, 3.63) is 65.5 Å². The number of hydrogen-bond donors (Lipinski definition) is 1. The second-order valence-corrected chi connectivity index (χ2v) is 6.61. The third kappa shape index (κ3) is 3.18. The molecular weight excluding hydrogens is 330 g/mol. The quantitative estimate of drug-likeness (QED) is 0.786. The first-order chi connectivity index (χ1) is 12.6. The molecule has 1 atom stereocenters. The number of carbonyl (C=O) groups excluding carboxylic acids is 2. The molecule has 2 heterocycles. The van der Waals surface area contributed by atoms with E-state index in [9.17, 15) is 9.59 Å². The standard InChI is InChI=1S/C20H19N3O3/c1-13-9-18(22-26-13)20(25)21-16-10-19(24)23(12-16)11-15-7-4-6-14-5-2-3-8-17(14)15/h2-9,16H,10-12H2,1H3,(H,21,25)/t16-/m1/s1. The first-order valence-electron chi connectivity index (χ1n) is 8.59. The van der Waals surface area contributed by atoms with Crippen molar-refractivity contribution in [3.63, 3.8) is 0 Å². The monoisotopic (exact) mass is 349 g/mol. The topological polar surface area (TPSA) is 75.4 Å². The maximum atomic E-state index is 12.4. The summed E-state index contributed by atoms with van der Waals surface area (Å²) in [5.41, 5.74) is 1.35. The van der Waals surface area contributed by atoms with Crippen LogP contribution in [-0.4, -0.2) is 34.5 Å². The van der Waals surface area contributed by atoms with Gasteiger partial charge in [0.15, 0.2) is 5.69 Å². The number of fused-ring (bicyclic) bond motifs is 1. The molecule has 132 valence electrons. The first-order valence-corrected chi connectivity index (χ1v) is 8.59. The number of amides is 2. The smallest absolute Gasteiger partial charge is 0.273 e. The van der Waals surface area contributed by atoms with Gasteiger partial charge in [0, 0.05) is 25.6 Å². The fourth-order valence-electron chi connectivity index (χ4n) is 3.39. The maximum Gasteiger partial charge on any atom is 0.273 e. The lowest BCUT2D eigenvalue weighted by Gasteiger charge is -2.18. The van der Waals surface area contributed by atoms with Gasteiger partial charge in [0.2, 0.25) is 5.91 Å². The molecular formula is C20H19N3O3. The minimum Gasteiger partial charge on any atom is -0.361 e. The van der Waals surface area contributed by atoms with E-state index in [1.54, 1.807) is 17.9 Å². The Morgan fingerprint density at radius 2 is 2.08 bits per heavy atom. The van der Waals surface area contributed by atoms with Gasteiger partial charge in [0.05, 0.1) is 6.04 Å². The van der Waals surface area contributed by atoms with Gasteiger partial charge >= 0.3 is 0 Å². The van der Waals surface area contributed by atoms with Crippen molar-refractivity contribution in [2.45, 2.75) is 25.9 Å². The molecule has 0 bridgehead atoms. The molecule has 4 rings (SSSR count). The molecule has 6 nitrogen and oxygen atoms in total. The summed E-state index contributed by atoms with van der Waals surface area (Å²) in [4.78, 5) is 26.4. The molecule has 0 unspecified atom stereocenters. The van der Waals surface area contributed by atoms with Crippen molar-refractivity contribution in [2.24, 2.45) is 0 Å². The average molecular weight is 349 g/mol. The summed E-state index contributed by atoms with van der Waals surface area (Å²) in [7, 11) is 0. The predicted molar refractivity (Wildman–Crippen MR) is 96.5 cm³/mol. The van der Waals surface area contributed by atoms with Gasteiger partial charge in [-0.1, -0.05) is 47.6 Å². The van der Waals surface area contributed by atoms with Gasteiger partial charge in [0.25, 0.3) is 5.91 Å². The highest BCUT2D eigenvalue weighted by Gasteiger charge is 2.31. The molecule has 0 aliphatic carbocycles. The number of rotatable bonds is 4. The third-order valence-electron chi connectivity index (χ3n) is 4.65. The molecule has 1 N–H and O–H groups in total. The summed E-state index contributed by atoms with van der Waals surface area (Å²) in [6.07, 6.45) is 0.299. The van der Waals surface area contributed by atoms with Crippen molar-refractivity contribution in [1.29, 1.82) is 0 Å². The number of aromatic nitrogens is 1. The van der Waals surface area contributed by atoms with Crippen LogP contribution < -0.4 is 5.32 Å². The van der Waals surface area contributed by atoms with Gasteiger partial charge in [-0.2, -0.15) is 0 Å². The number of benzene rings is 2. The first kappa shape index (κ1) is 16.3. The highest BCUT2D eigenvalue weighted by Crippen LogP contribution is 2.22. The molecule has 0 saturated carbocycles. The van der Waals surface area contributed by atoms with E-state index in [2.05, 4.69) is 28.7 Å². The zero-order valence-electron chi connectivity index (χ0n) is 14.4. The van der Waals surface area contributed by atoms with Gasteiger partial charge in [0.1, 0.15) is 5.76 Å². The van der Waals surface area contributed by atoms with Crippen LogP contribution in [0.25, 0.3) is 10.8 Å². The predicted octanol–water partition coefficient (Wildman–Crippen LogP) is 2.67. The Balaban J connectivity index is 1.45. The summed E-state index contributed by atoms with van der Waals surface area (Å²) in [6, 6.07) is 15.6. The number of nitrogens with zero attached hydrogens (tertiary/aromatic N) is 2. The fraction of sp³-hybridized carbons (Fsp3) is 0.250. The zero-order chi connectivity index (χ0) is 18.1. The van der Waals surface area contributed by atoms with Crippen LogP contribution in [0.3, 0.4) is 0 Å². The summed E-state index contributed by atoms with van der Waals surface area (Å²) >= 11 is 0. The molecule has 6 heteroatoms. The van der Waals surface area contributed by atoms with E-state index in [1.807, 2.05) is 24.3 Å². The lowest BCUT2D eigenvalue weighted by atomic mass is 10.0. The van der Waals surface area contributed by atoms with Gasteiger partial charge in [-0.05, 0) is 23.3 Å². The van der Waals surface area contributed by atoms with E-state index >= 15 is 0 Å². The molecule has 1 saturated heterocycles. The number of aryl methyl sites for hydroxylation is 1. The van der Waals surface area contributed by atoms with E-state index < -0.39 is 0 Å². The molecule has 1 aromatic heterocycles. The number of carbonyl (C=O) groups is 2. The molecule has 1 fully saturated rings. The Hall–Kier alpha value is -3.15. The van der Waals surface area contributed by atoms with E-state index in [4.69, 9.17) is 4.52 Å². The molecule has 2 aromatic carbocycles. The van der Waals surface area contributed by atoms with Crippen LogP contribution in [0.5, 0.6) is 0 Å². The van der Waals surface area contributed by atoms with Crippen molar-refractivity contribution >= 4 is 22.6 Å². The Morgan fingerprint density at radius 3 is 2.88 bits per heavy atom. The molecule has 1 aliphatic rings. The minimum absolute atomic E-state index is 0.0413. The summed E-state index contributed by atoms with van der Waals surface area (Å²) < 4.78 is 4.92. The van der Waals surface area contributed by atoms with Crippen molar-refractivity contribution < 1.29 is 14.1 Å². The fourth-order valence-corrected chi connectivity index (χ4v) is 3.39. The number of likely N-dealkylation sites (tertiary alicyclic amines) is 1. The second kappa shape index (κ2) is 6.63. The maximum absolute atomic E-state index is 12.4. The van der Waals surface area contributed by atoms with Crippen LogP contribution >= 0.6 is 0 Å². The van der Waals surface area contributed by atoms with Gasteiger partial charge in [-0.3, -0.25) is 9.59 Å². The van der Waals surface area contributed by atoms with E-state index in [0.29, 0.717) is 25.3 Å². The lowest BCUT2D eigenvalue weighted by molar-refractivity contribution is -0.128. The van der Waals surface area contributed by atoms with Crippen LogP contribution in [0.4, 0.5) is 0 Å². The highest BCUT2D eigenvalue weighted by atomic mass is 16.5. The van der Waals surface area contributed by atoms with Crippen LogP contribution in [0.15, 0.2) is 53.1 Å². The van der Waals surface area contributed by atoms with E-state index in [-0.39, 0.29) is 23.6 Å². The normalized spacial score (nSPS) is 17.0. The Bertz CT molecular complexity index is 974. The van der Waals surface area contributed by atoms with Crippen LogP contribution in [0, 0.1) is 6.92 Å². The number of hydrogen-bond acceptors (Lipinski definition) is 4. The highest BCUT2D eigenvalue weighted by molar-refractivity contribution is 5.93. The zero-order valence-corrected chi connectivity index (χ0v) is 14.4. The van der Waals surface area contributed by atoms with Crippen LogP contribution in [0.1, 0.15) is 28.2 Å². The summed E-state index contributed by atoms with van der Waals surface area (Å²) in [5.74, 6) is 0.307. The van der Waals surface area contributed by atoms with Crippen LogP contribution in [0.2, 0.25) is 0 Å². The van der Waals surface area contributed by atoms with Crippen molar-refractivity contribution in [3.8, 4) is 0 Å². The number of nitrogens with one attached hydrogen (secondary N) is 1. The Labute approximate surface area is 150 Å². The summed E-state index contributed by atoms with van der Waals surface area (Å²) in [6.45, 7) is 2.76. The largest absolute Gasteiger partial charge is 0.361 e.